The highest BCUT2D eigenvalue weighted by atomic mass is 33.1. The fourth-order valence-corrected chi connectivity index (χ4v) is 2.65. The van der Waals surface area contributed by atoms with Gasteiger partial charge in [0.2, 0.25) is 0 Å². The van der Waals surface area contributed by atoms with Crippen LogP contribution in [0.4, 0.5) is 0 Å². The number of carboxylic acids is 1. The largest absolute Gasteiger partial charge is 0.481 e. The van der Waals surface area contributed by atoms with E-state index in [4.69, 9.17) is 5.11 Å². The first-order chi connectivity index (χ1) is 5.92. The molecule has 0 fully saturated rings. The van der Waals surface area contributed by atoms with Crippen molar-refractivity contribution in [2.24, 2.45) is 0 Å². The summed E-state index contributed by atoms with van der Waals surface area (Å²) in [5, 5.41) is 8.30. The first-order valence-corrected chi connectivity index (χ1v) is 7.37. The molecule has 0 atom stereocenters. The van der Waals surface area contributed by atoms with E-state index in [0.29, 0.717) is 12.2 Å². The molecule has 0 amide bonds. The van der Waals surface area contributed by atoms with Crippen LogP contribution >= 0.6 is 10.8 Å². The molecule has 0 aliphatic heterocycles. The van der Waals surface area contributed by atoms with Crippen molar-refractivity contribution in [2.45, 2.75) is 25.7 Å². The normalized spacial score (nSPS) is 11.5. The van der Waals surface area contributed by atoms with E-state index in [-0.39, 0.29) is 6.42 Å². The summed E-state index contributed by atoms with van der Waals surface area (Å²) in [5.74, 6) is -0.242. The van der Waals surface area contributed by atoms with Gasteiger partial charge < -0.3 is 5.11 Å². The van der Waals surface area contributed by atoms with Crippen LogP contribution < -0.4 is 0 Å². The summed E-state index contributed by atoms with van der Waals surface area (Å²) in [5.41, 5.74) is 0. The van der Waals surface area contributed by atoms with E-state index in [0.717, 1.165) is 23.6 Å². The SMILES string of the molecule is CS(=O)(=O)SCCCCCC(=O)O. The van der Waals surface area contributed by atoms with Crippen LogP contribution in [0.5, 0.6) is 0 Å². The van der Waals surface area contributed by atoms with Gasteiger partial charge in [-0.25, -0.2) is 8.42 Å². The van der Waals surface area contributed by atoms with E-state index in [9.17, 15) is 13.2 Å². The first-order valence-electron chi connectivity index (χ1n) is 3.98. The molecule has 0 saturated carbocycles. The third-order valence-corrected chi connectivity index (χ3v) is 4.00. The maximum Gasteiger partial charge on any atom is 0.303 e. The highest BCUT2D eigenvalue weighted by Crippen LogP contribution is 2.13. The molecule has 1 N–H and O–H groups in total. The highest BCUT2D eigenvalue weighted by molar-refractivity contribution is 8.71. The molecule has 0 saturated heterocycles. The van der Waals surface area contributed by atoms with Crippen molar-refractivity contribution in [3.05, 3.63) is 0 Å². The van der Waals surface area contributed by atoms with Crippen molar-refractivity contribution in [2.75, 3.05) is 12.0 Å². The minimum atomic E-state index is -2.93. The van der Waals surface area contributed by atoms with Gasteiger partial charge in [-0.15, -0.1) is 0 Å². The van der Waals surface area contributed by atoms with Gasteiger partial charge in [0.25, 0.3) is 0 Å². The van der Waals surface area contributed by atoms with Crippen LogP contribution in [0.25, 0.3) is 0 Å². The van der Waals surface area contributed by atoms with Gasteiger partial charge in [0, 0.05) is 18.4 Å². The summed E-state index contributed by atoms with van der Waals surface area (Å²) in [6.07, 6.45) is 3.50. The summed E-state index contributed by atoms with van der Waals surface area (Å²) in [6, 6.07) is 0. The van der Waals surface area contributed by atoms with Gasteiger partial charge in [0.05, 0.1) is 0 Å². The summed E-state index contributed by atoms with van der Waals surface area (Å²) in [6.45, 7) is 0. The Bertz CT molecular complexity index is 245. The Morgan fingerprint density at radius 3 is 2.38 bits per heavy atom. The molecule has 78 valence electrons. The van der Waals surface area contributed by atoms with Crippen molar-refractivity contribution in [1.82, 2.24) is 0 Å². The number of rotatable bonds is 7. The smallest absolute Gasteiger partial charge is 0.303 e. The Balaban J connectivity index is 3.23. The molecule has 0 aromatic rings. The predicted octanol–water partition coefficient (Wildman–Crippen LogP) is 1.32. The van der Waals surface area contributed by atoms with E-state index >= 15 is 0 Å². The van der Waals surface area contributed by atoms with Crippen LogP contribution in [0.2, 0.25) is 0 Å². The predicted molar refractivity (Wildman–Crippen MR) is 53.4 cm³/mol. The molecular weight excluding hydrogens is 212 g/mol. The third-order valence-electron chi connectivity index (χ3n) is 1.33. The van der Waals surface area contributed by atoms with Crippen molar-refractivity contribution in [3.63, 3.8) is 0 Å². The number of unbranched alkanes of at least 4 members (excludes halogenated alkanes) is 2. The molecular formula is C7H14O4S2. The van der Waals surface area contributed by atoms with Crippen LogP contribution in [0, 0.1) is 0 Å². The lowest BCUT2D eigenvalue weighted by Crippen LogP contribution is -1.95. The molecule has 0 rings (SSSR count). The van der Waals surface area contributed by atoms with E-state index in [2.05, 4.69) is 0 Å². The lowest BCUT2D eigenvalue weighted by Gasteiger charge is -1.97. The summed E-state index contributed by atoms with van der Waals surface area (Å²) in [7, 11) is -2.01. The van der Waals surface area contributed by atoms with Crippen LogP contribution in [0.1, 0.15) is 25.7 Å². The number of carboxylic acid groups (broad SMARTS) is 1. The van der Waals surface area contributed by atoms with E-state index in [1.54, 1.807) is 0 Å². The van der Waals surface area contributed by atoms with Crippen molar-refractivity contribution in [3.8, 4) is 0 Å². The molecule has 4 nitrogen and oxygen atoms in total. The average Bonchev–Trinajstić information content (AvgIpc) is 1.93. The van der Waals surface area contributed by atoms with Gasteiger partial charge in [-0.3, -0.25) is 4.79 Å². The van der Waals surface area contributed by atoms with Crippen LogP contribution in [0.15, 0.2) is 0 Å². The number of hydrogen-bond donors (Lipinski definition) is 1. The van der Waals surface area contributed by atoms with Crippen molar-refractivity contribution < 1.29 is 18.3 Å². The second-order valence-corrected chi connectivity index (χ2v) is 7.31. The van der Waals surface area contributed by atoms with Gasteiger partial charge in [-0.2, -0.15) is 0 Å². The lowest BCUT2D eigenvalue weighted by molar-refractivity contribution is -0.137. The van der Waals surface area contributed by atoms with E-state index < -0.39 is 14.8 Å². The number of hydrogen-bond acceptors (Lipinski definition) is 4. The van der Waals surface area contributed by atoms with E-state index in [1.807, 2.05) is 0 Å². The average molecular weight is 226 g/mol. The molecule has 0 bridgehead atoms. The second-order valence-electron chi connectivity index (χ2n) is 2.73. The summed E-state index contributed by atoms with van der Waals surface area (Å²) in [4.78, 5) is 10.1. The monoisotopic (exact) mass is 226 g/mol. The van der Waals surface area contributed by atoms with Gasteiger partial charge in [0.1, 0.15) is 0 Å². The van der Waals surface area contributed by atoms with Crippen LogP contribution in [0.3, 0.4) is 0 Å². The fraction of sp³-hybridized carbons (Fsp3) is 0.857. The standard InChI is InChI=1S/C7H14O4S2/c1-13(10,11)12-6-4-2-3-5-7(8)9/h2-6H2,1H3,(H,8,9). The molecule has 0 aromatic heterocycles. The first kappa shape index (κ1) is 12.8. The zero-order chi connectivity index (χ0) is 10.3. The summed E-state index contributed by atoms with van der Waals surface area (Å²) >= 11 is 0. The molecule has 0 aliphatic rings. The highest BCUT2D eigenvalue weighted by Gasteiger charge is 2.02. The minimum Gasteiger partial charge on any atom is -0.481 e. The Hall–Kier alpha value is -0.230. The van der Waals surface area contributed by atoms with Gasteiger partial charge in [0.15, 0.2) is 8.87 Å². The molecule has 0 aromatic carbocycles. The second kappa shape index (κ2) is 6.26. The van der Waals surface area contributed by atoms with Crippen LogP contribution in [-0.4, -0.2) is 31.5 Å². The van der Waals surface area contributed by atoms with Crippen LogP contribution in [-0.2, 0) is 13.7 Å². The molecule has 0 radical (unpaired) electrons. The molecule has 13 heavy (non-hydrogen) atoms. The zero-order valence-corrected chi connectivity index (χ0v) is 9.16. The maximum absolute atomic E-state index is 10.6. The van der Waals surface area contributed by atoms with Gasteiger partial charge in [-0.1, -0.05) is 6.42 Å². The summed E-state index contributed by atoms with van der Waals surface area (Å²) < 4.78 is 21.3. The Kier molecular flexibility index (Phi) is 6.15. The third kappa shape index (κ3) is 11.8. The fourth-order valence-electron chi connectivity index (χ4n) is 0.765. The molecule has 6 heteroatoms. The van der Waals surface area contributed by atoms with Crippen molar-refractivity contribution in [1.29, 1.82) is 0 Å². The Labute approximate surface area is 82.0 Å². The van der Waals surface area contributed by atoms with E-state index in [1.165, 1.54) is 6.26 Å². The van der Waals surface area contributed by atoms with Gasteiger partial charge in [-0.05, 0) is 23.6 Å². The lowest BCUT2D eigenvalue weighted by atomic mass is 10.2. The molecule has 0 aliphatic carbocycles. The van der Waals surface area contributed by atoms with Crippen molar-refractivity contribution >= 4 is 25.6 Å². The quantitative estimate of drug-likeness (QED) is 0.523. The molecule has 0 spiro atoms. The van der Waals surface area contributed by atoms with Gasteiger partial charge >= 0.3 is 5.97 Å². The topological polar surface area (TPSA) is 71.4 Å². The molecule has 0 heterocycles. The minimum absolute atomic E-state index is 0.170. The Morgan fingerprint density at radius 2 is 1.92 bits per heavy atom. The number of aliphatic carboxylic acids is 1. The molecule has 0 unspecified atom stereocenters. The Morgan fingerprint density at radius 1 is 1.31 bits per heavy atom. The zero-order valence-electron chi connectivity index (χ0n) is 7.52. The maximum atomic E-state index is 10.6. The number of carbonyl (C=O) groups is 1.